The van der Waals surface area contributed by atoms with Gasteiger partial charge in [0.25, 0.3) is 0 Å². The number of rotatable bonds is 0. The molecule has 3 saturated carbocycles. The van der Waals surface area contributed by atoms with Crippen LogP contribution in [0.25, 0.3) is 0 Å². The molecule has 0 bridgehead atoms. The fraction of sp³-hybridized carbons (Fsp3) is 0.789. The van der Waals surface area contributed by atoms with Gasteiger partial charge in [0.15, 0.2) is 0 Å². The molecule has 0 atom stereocenters. The van der Waals surface area contributed by atoms with E-state index in [9.17, 15) is 0 Å². The summed E-state index contributed by atoms with van der Waals surface area (Å²) in [6.07, 6.45) is 18.1. The van der Waals surface area contributed by atoms with E-state index in [2.05, 4.69) is 13.2 Å². The minimum atomic E-state index is 0.599. The van der Waals surface area contributed by atoms with Gasteiger partial charge in [-0.2, -0.15) is 0 Å². The van der Waals surface area contributed by atoms with Crippen LogP contribution in [-0.4, -0.2) is 0 Å². The van der Waals surface area contributed by atoms with E-state index in [1.165, 1.54) is 83.5 Å². The third kappa shape index (κ3) is 2.83. The normalized spacial score (nSPS) is 30.5. The van der Waals surface area contributed by atoms with Crippen molar-refractivity contribution in [1.29, 1.82) is 0 Å². The largest absolute Gasteiger partial charge is 0.0993 e. The third-order valence-electron chi connectivity index (χ3n) is 6.22. The second-order valence-corrected chi connectivity index (χ2v) is 7.54. The van der Waals surface area contributed by atoms with Crippen molar-refractivity contribution in [2.24, 2.45) is 10.8 Å². The van der Waals surface area contributed by atoms with Crippen molar-refractivity contribution in [3.63, 3.8) is 0 Å². The van der Waals surface area contributed by atoms with Gasteiger partial charge in [-0.1, -0.05) is 43.6 Å². The van der Waals surface area contributed by atoms with Crippen LogP contribution in [-0.2, 0) is 0 Å². The van der Waals surface area contributed by atoms with Gasteiger partial charge in [0, 0.05) is 0 Å². The highest BCUT2D eigenvalue weighted by atomic mass is 14.5. The van der Waals surface area contributed by atoms with Crippen LogP contribution < -0.4 is 0 Å². The molecule has 0 N–H and O–H groups in total. The Bertz CT molecular complexity index is 329. The van der Waals surface area contributed by atoms with Crippen LogP contribution >= 0.6 is 0 Å². The monoisotopic (exact) mass is 258 g/mol. The zero-order chi connectivity index (χ0) is 13.3. The maximum atomic E-state index is 4.42. The molecule has 0 heteroatoms. The van der Waals surface area contributed by atoms with Gasteiger partial charge in [0.05, 0.1) is 0 Å². The molecular weight excluding hydrogens is 228 g/mol. The van der Waals surface area contributed by atoms with Crippen molar-refractivity contribution in [2.75, 3.05) is 0 Å². The van der Waals surface area contributed by atoms with Gasteiger partial charge in [0.2, 0.25) is 0 Å². The Morgan fingerprint density at radius 3 is 1.32 bits per heavy atom. The van der Waals surface area contributed by atoms with Crippen LogP contribution in [0.15, 0.2) is 24.3 Å². The minimum absolute atomic E-state index is 0.599. The Kier molecular flexibility index (Phi) is 3.62. The van der Waals surface area contributed by atoms with Crippen molar-refractivity contribution >= 4 is 0 Å². The summed E-state index contributed by atoms with van der Waals surface area (Å²) in [5, 5.41) is 0. The van der Waals surface area contributed by atoms with Crippen LogP contribution in [0.2, 0.25) is 0 Å². The first-order chi connectivity index (χ1) is 9.17. The maximum Gasteiger partial charge on any atom is -0.00901 e. The van der Waals surface area contributed by atoms with E-state index in [-0.39, 0.29) is 0 Å². The maximum absolute atomic E-state index is 4.42. The van der Waals surface area contributed by atoms with Gasteiger partial charge in [-0.3, -0.25) is 0 Å². The van der Waals surface area contributed by atoms with Crippen molar-refractivity contribution in [3.8, 4) is 0 Å². The number of hydrogen-bond acceptors (Lipinski definition) is 0. The summed E-state index contributed by atoms with van der Waals surface area (Å²) in [7, 11) is 0. The first kappa shape index (κ1) is 13.5. The predicted octanol–water partition coefficient (Wildman–Crippen LogP) is 6.18. The molecule has 2 spiro atoms. The molecule has 3 fully saturated rings. The van der Waals surface area contributed by atoms with Crippen LogP contribution in [0.4, 0.5) is 0 Å². The molecule has 0 aliphatic heterocycles. The van der Waals surface area contributed by atoms with E-state index >= 15 is 0 Å². The average molecular weight is 258 g/mol. The molecule has 106 valence electrons. The second kappa shape index (κ2) is 5.11. The summed E-state index contributed by atoms with van der Waals surface area (Å²) in [5.74, 6) is 0. The molecular formula is C19H30. The standard InChI is InChI=1S/C19H30/c1-16-8-4-3-5-9-17(2)19(14-15-19)11-7-6-10-18(16)12-13-18/h1-15H2. The molecule has 0 aromatic rings. The van der Waals surface area contributed by atoms with Gasteiger partial charge >= 0.3 is 0 Å². The second-order valence-electron chi connectivity index (χ2n) is 7.54. The summed E-state index contributed by atoms with van der Waals surface area (Å²) < 4.78 is 0. The lowest BCUT2D eigenvalue weighted by Crippen LogP contribution is -2.06. The fourth-order valence-corrected chi connectivity index (χ4v) is 4.17. The molecule has 0 aromatic heterocycles. The molecule has 0 saturated heterocycles. The van der Waals surface area contributed by atoms with E-state index in [1.54, 1.807) is 11.1 Å². The molecule has 0 radical (unpaired) electrons. The Morgan fingerprint density at radius 2 is 0.947 bits per heavy atom. The van der Waals surface area contributed by atoms with E-state index < -0.39 is 0 Å². The lowest BCUT2D eigenvalue weighted by molar-refractivity contribution is 0.444. The van der Waals surface area contributed by atoms with Crippen LogP contribution in [0.3, 0.4) is 0 Å². The van der Waals surface area contributed by atoms with Gasteiger partial charge in [-0.25, -0.2) is 0 Å². The summed E-state index contributed by atoms with van der Waals surface area (Å²) >= 11 is 0. The Balaban J connectivity index is 1.60. The summed E-state index contributed by atoms with van der Waals surface area (Å²) in [6.45, 7) is 8.84. The minimum Gasteiger partial charge on any atom is -0.0993 e. The van der Waals surface area contributed by atoms with Crippen molar-refractivity contribution in [2.45, 2.75) is 83.5 Å². The topological polar surface area (TPSA) is 0 Å². The highest BCUT2D eigenvalue weighted by Gasteiger charge is 2.46. The molecule has 3 aliphatic rings. The zero-order valence-corrected chi connectivity index (χ0v) is 12.6. The van der Waals surface area contributed by atoms with Gasteiger partial charge in [-0.05, 0) is 75.0 Å². The molecule has 3 aliphatic carbocycles. The Morgan fingerprint density at radius 1 is 0.526 bits per heavy atom. The summed E-state index contributed by atoms with van der Waals surface area (Å²) in [5.41, 5.74) is 4.38. The molecule has 0 nitrogen and oxygen atoms in total. The fourth-order valence-electron chi connectivity index (χ4n) is 4.17. The van der Waals surface area contributed by atoms with Crippen LogP contribution in [0, 0.1) is 10.8 Å². The molecule has 19 heavy (non-hydrogen) atoms. The van der Waals surface area contributed by atoms with E-state index in [4.69, 9.17) is 0 Å². The number of hydrogen-bond donors (Lipinski definition) is 0. The van der Waals surface area contributed by atoms with Gasteiger partial charge in [0.1, 0.15) is 0 Å². The smallest absolute Gasteiger partial charge is 0.00901 e. The summed E-state index contributed by atoms with van der Waals surface area (Å²) in [6, 6.07) is 0. The van der Waals surface area contributed by atoms with E-state index in [0.717, 1.165) is 0 Å². The molecule has 0 unspecified atom stereocenters. The molecule has 3 rings (SSSR count). The Labute approximate surface area is 119 Å². The average Bonchev–Trinajstić information content (AvgIpc) is 3.28. The lowest BCUT2D eigenvalue weighted by atomic mass is 9.86. The predicted molar refractivity (Wildman–Crippen MR) is 83.2 cm³/mol. The van der Waals surface area contributed by atoms with Crippen LogP contribution in [0.5, 0.6) is 0 Å². The highest BCUT2D eigenvalue weighted by Crippen LogP contribution is 2.59. The quantitative estimate of drug-likeness (QED) is 0.455. The molecule has 0 heterocycles. The SMILES string of the molecule is C=C1CCCCCC(=C)C2(CCCCC13CC3)CC2. The molecule has 0 aromatic carbocycles. The Hall–Kier alpha value is -0.520. The number of allylic oxidation sites excluding steroid dienone is 2. The first-order valence-corrected chi connectivity index (χ1v) is 8.54. The zero-order valence-electron chi connectivity index (χ0n) is 12.6. The highest BCUT2D eigenvalue weighted by molar-refractivity contribution is 5.20. The third-order valence-corrected chi connectivity index (χ3v) is 6.22. The van der Waals surface area contributed by atoms with Gasteiger partial charge < -0.3 is 0 Å². The van der Waals surface area contributed by atoms with Crippen molar-refractivity contribution in [3.05, 3.63) is 24.3 Å². The van der Waals surface area contributed by atoms with E-state index in [1.807, 2.05) is 0 Å². The van der Waals surface area contributed by atoms with Crippen LogP contribution in [0.1, 0.15) is 83.5 Å². The lowest BCUT2D eigenvalue weighted by Gasteiger charge is -2.20. The summed E-state index contributed by atoms with van der Waals surface area (Å²) in [4.78, 5) is 0. The van der Waals surface area contributed by atoms with Gasteiger partial charge in [-0.15, -0.1) is 0 Å². The van der Waals surface area contributed by atoms with E-state index in [0.29, 0.717) is 10.8 Å². The van der Waals surface area contributed by atoms with Crippen molar-refractivity contribution in [1.82, 2.24) is 0 Å². The van der Waals surface area contributed by atoms with Crippen molar-refractivity contribution < 1.29 is 0 Å². The first-order valence-electron chi connectivity index (χ1n) is 8.54. The molecule has 0 amide bonds.